The highest BCUT2D eigenvalue weighted by Gasteiger charge is 2.35. The van der Waals surface area contributed by atoms with Crippen molar-refractivity contribution in [2.45, 2.75) is 20.3 Å². The molecule has 9 nitrogen and oxygen atoms in total. The van der Waals surface area contributed by atoms with Crippen molar-refractivity contribution in [1.29, 1.82) is 0 Å². The molecule has 0 saturated carbocycles. The number of carbonyl (C=O) groups excluding carboxylic acids is 2. The molecule has 9 heteroatoms. The molecule has 1 fully saturated rings. The lowest BCUT2D eigenvalue weighted by Crippen LogP contribution is -2.28. The van der Waals surface area contributed by atoms with Gasteiger partial charge in [-0.1, -0.05) is 18.2 Å². The number of carbonyl (C=O) groups is 2. The smallest absolute Gasteiger partial charge is 0.229 e. The Labute approximate surface area is 202 Å². The Kier molecular flexibility index (Phi) is 5.97. The molecule has 0 radical (unpaired) electrons. The molecule has 176 valence electrons. The molecule has 1 saturated heterocycles. The average molecular weight is 469 g/mol. The Balaban J connectivity index is 1.23. The number of amides is 2. The van der Waals surface area contributed by atoms with Crippen molar-refractivity contribution in [3.05, 3.63) is 84.7 Å². The number of imidazole rings is 1. The predicted octanol–water partition coefficient (Wildman–Crippen LogP) is 4.06. The van der Waals surface area contributed by atoms with E-state index in [1.165, 1.54) is 0 Å². The summed E-state index contributed by atoms with van der Waals surface area (Å²) in [5.74, 6) is 2.39. The number of nitrogens with zero attached hydrogens (tertiary/aromatic N) is 5. The minimum Gasteiger partial charge on any atom is -0.439 e. The van der Waals surface area contributed by atoms with Crippen molar-refractivity contribution in [1.82, 2.24) is 19.5 Å². The van der Waals surface area contributed by atoms with Crippen LogP contribution in [0.5, 0.6) is 11.6 Å². The van der Waals surface area contributed by atoms with E-state index in [-0.39, 0.29) is 18.2 Å². The van der Waals surface area contributed by atoms with Crippen molar-refractivity contribution in [3.63, 3.8) is 0 Å². The summed E-state index contributed by atoms with van der Waals surface area (Å²) in [6.45, 7) is 4.06. The van der Waals surface area contributed by atoms with Crippen LogP contribution < -0.4 is 15.0 Å². The van der Waals surface area contributed by atoms with Gasteiger partial charge in [0.1, 0.15) is 23.2 Å². The summed E-state index contributed by atoms with van der Waals surface area (Å²) in [5.41, 5.74) is 1.43. The third-order valence-corrected chi connectivity index (χ3v) is 5.78. The minimum absolute atomic E-state index is 0.0505. The van der Waals surface area contributed by atoms with E-state index in [4.69, 9.17) is 4.74 Å². The Bertz CT molecular complexity index is 1370. The number of hydrogen-bond acceptors (Lipinski definition) is 6. The van der Waals surface area contributed by atoms with Gasteiger partial charge in [-0.3, -0.25) is 14.2 Å². The van der Waals surface area contributed by atoms with Crippen molar-refractivity contribution in [3.8, 4) is 17.4 Å². The number of rotatable bonds is 6. The topological polar surface area (TPSA) is 102 Å². The Morgan fingerprint density at radius 3 is 2.54 bits per heavy atom. The number of aromatic nitrogens is 4. The van der Waals surface area contributed by atoms with Crippen molar-refractivity contribution < 1.29 is 14.3 Å². The number of nitrogens with one attached hydrogen (secondary N) is 1. The van der Waals surface area contributed by atoms with Crippen LogP contribution in [-0.2, 0) is 9.59 Å². The molecule has 4 aromatic rings. The highest BCUT2D eigenvalue weighted by atomic mass is 16.5. The SMILES string of the molecule is Cc1nc(Oc2ccc(NC(=O)C3CC(=O)N(c4ccccc4)C3)cc2)cc(-n2ccnc2C)n1. The Morgan fingerprint density at radius 1 is 1.06 bits per heavy atom. The first-order chi connectivity index (χ1) is 17.0. The fraction of sp³-hybridized carbons (Fsp3) is 0.192. The zero-order chi connectivity index (χ0) is 24.4. The van der Waals surface area contributed by atoms with E-state index in [1.54, 1.807) is 48.4 Å². The standard InChI is InChI=1S/C26H24N6O3/c1-17-28-23(31-13-12-27-18(31)2)15-24(29-17)35-22-10-8-20(9-11-22)30-26(34)19-14-25(33)32(16-19)21-6-4-3-5-7-21/h3-13,15,19H,14,16H2,1-2H3,(H,30,34). The second-order valence-electron chi connectivity index (χ2n) is 8.31. The van der Waals surface area contributed by atoms with Crippen LogP contribution in [0.3, 0.4) is 0 Å². The van der Waals surface area contributed by atoms with E-state index in [2.05, 4.69) is 20.3 Å². The van der Waals surface area contributed by atoms with Gasteiger partial charge in [0.2, 0.25) is 17.7 Å². The number of aryl methyl sites for hydroxylation is 2. The number of hydrogen-bond donors (Lipinski definition) is 1. The fourth-order valence-corrected chi connectivity index (χ4v) is 4.03. The van der Waals surface area contributed by atoms with Gasteiger partial charge in [-0.25, -0.2) is 9.97 Å². The maximum absolute atomic E-state index is 12.8. The number of benzene rings is 2. The molecular formula is C26H24N6O3. The molecule has 2 amide bonds. The number of anilines is 2. The zero-order valence-corrected chi connectivity index (χ0v) is 19.4. The maximum atomic E-state index is 12.8. The fourth-order valence-electron chi connectivity index (χ4n) is 4.03. The molecule has 5 rings (SSSR count). The summed E-state index contributed by atoms with van der Waals surface area (Å²) in [7, 11) is 0. The summed E-state index contributed by atoms with van der Waals surface area (Å²) >= 11 is 0. The molecule has 1 aliphatic heterocycles. The second kappa shape index (κ2) is 9.38. The molecular weight excluding hydrogens is 444 g/mol. The van der Waals surface area contributed by atoms with Crippen LogP contribution in [0.15, 0.2) is 73.1 Å². The van der Waals surface area contributed by atoms with Crippen LogP contribution in [0.4, 0.5) is 11.4 Å². The van der Waals surface area contributed by atoms with Gasteiger partial charge in [0, 0.05) is 42.8 Å². The summed E-state index contributed by atoms with van der Waals surface area (Å²) < 4.78 is 7.78. The largest absolute Gasteiger partial charge is 0.439 e. The Hall–Kier alpha value is -4.53. The van der Waals surface area contributed by atoms with Crippen LogP contribution in [0.2, 0.25) is 0 Å². The van der Waals surface area contributed by atoms with Gasteiger partial charge in [-0.05, 0) is 50.2 Å². The molecule has 3 heterocycles. The van der Waals surface area contributed by atoms with E-state index in [0.717, 1.165) is 11.5 Å². The van der Waals surface area contributed by atoms with Gasteiger partial charge in [0.25, 0.3) is 0 Å². The van der Waals surface area contributed by atoms with Gasteiger partial charge >= 0.3 is 0 Å². The average Bonchev–Trinajstić information content (AvgIpc) is 3.46. The first-order valence-electron chi connectivity index (χ1n) is 11.3. The lowest BCUT2D eigenvalue weighted by molar-refractivity contribution is -0.122. The van der Waals surface area contributed by atoms with Crippen molar-refractivity contribution in [2.24, 2.45) is 5.92 Å². The molecule has 2 aromatic carbocycles. The third-order valence-electron chi connectivity index (χ3n) is 5.78. The van der Waals surface area contributed by atoms with E-state index in [1.807, 2.05) is 48.0 Å². The van der Waals surface area contributed by atoms with Crippen LogP contribution in [-0.4, -0.2) is 37.9 Å². The van der Waals surface area contributed by atoms with Crippen LogP contribution >= 0.6 is 0 Å². The van der Waals surface area contributed by atoms with E-state index >= 15 is 0 Å². The first kappa shape index (κ1) is 22.3. The van der Waals surface area contributed by atoms with Crippen molar-refractivity contribution in [2.75, 3.05) is 16.8 Å². The molecule has 1 atom stereocenters. The van der Waals surface area contributed by atoms with Crippen LogP contribution in [0, 0.1) is 19.8 Å². The molecule has 0 spiro atoms. The monoisotopic (exact) mass is 468 g/mol. The lowest BCUT2D eigenvalue weighted by atomic mass is 10.1. The highest BCUT2D eigenvalue weighted by molar-refractivity contribution is 6.03. The highest BCUT2D eigenvalue weighted by Crippen LogP contribution is 2.27. The number of ether oxygens (including phenoxy) is 1. The van der Waals surface area contributed by atoms with E-state index in [9.17, 15) is 9.59 Å². The van der Waals surface area contributed by atoms with Gasteiger partial charge in [0.15, 0.2) is 0 Å². The summed E-state index contributed by atoms with van der Waals surface area (Å²) in [4.78, 5) is 39.9. The Morgan fingerprint density at radius 2 is 1.83 bits per heavy atom. The minimum atomic E-state index is -0.410. The first-order valence-corrected chi connectivity index (χ1v) is 11.3. The summed E-state index contributed by atoms with van der Waals surface area (Å²) in [6, 6.07) is 18.2. The summed E-state index contributed by atoms with van der Waals surface area (Å²) in [6.07, 6.45) is 3.73. The van der Waals surface area contributed by atoms with Crippen molar-refractivity contribution >= 4 is 23.2 Å². The third kappa shape index (κ3) is 4.89. The van der Waals surface area contributed by atoms with Crippen LogP contribution in [0.1, 0.15) is 18.1 Å². The van der Waals surface area contributed by atoms with Gasteiger partial charge in [-0.15, -0.1) is 0 Å². The predicted molar refractivity (Wildman–Crippen MR) is 131 cm³/mol. The molecule has 0 bridgehead atoms. The van der Waals surface area contributed by atoms with Gasteiger partial charge < -0.3 is 15.0 Å². The van der Waals surface area contributed by atoms with Crippen LogP contribution in [0.25, 0.3) is 5.82 Å². The zero-order valence-electron chi connectivity index (χ0n) is 19.4. The molecule has 35 heavy (non-hydrogen) atoms. The van der Waals surface area contributed by atoms with E-state index < -0.39 is 5.92 Å². The molecule has 1 aliphatic rings. The summed E-state index contributed by atoms with van der Waals surface area (Å²) in [5, 5.41) is 2.90. The quantitative estimate of drug-likeness (QED) is 0.458. The van der Waals surface area contributed by atoms with E-state index in [0.29, 0.717) is 35.5 Å². The second-order valence-corrected chi connectivity index (χ2v) is 8.31. The molecule has 2 aromatic heterocycles. The molecule has 1 unspecified atom stereocenters. The van der Waals surface area contributed by atoms with Gasteiger partial charge in [0.05, 0.1) is 5.92 Å². The number of para-hydroxylation sites is 1. The normalized spacial score (nSPS) is 15.3. The molecule has 1 N–H and O–H groups in total. The maximum Gasteiger partial charge on any atom is 0.229 e. The molecule has 0 aliphatic carbocycles. The van der Waals surface area contributed by atoms with Gasteiger partial charge in [-0.2, -0.15) is 4.98 Å². The lowest BCUT2D eigenvalue weighted by Gasteiger charge is -2.16.